The molecule has 2 aromatic carbocycles. The monoisotopic (exact) mass is 475 g/mol. The van der Waals surface area contributed by atoms with Gasteiger partial charge in [-0.15, -0.1) is 22.7 Å². The highest BCUT2D eigenvalue weighted by molar-refractivity contribution is 7.14. The number of rotatable bonds is 6. The minimum Gasteiger partial charge on any atom is -0.352 e. The summed E-state index contributed by atoms with van der Waals surface area (Å²) >= 11 is 9.47. The second-order valence-corrected chi connectivity index (χ2v) is 9.48. The molecule has 0 radical (unpaired) electrons. The van der Waals surface area contributed by atoms with Crippen LogP contribution in [0.25, 0.3) is 32.2 Å². The summed E-state index contributed by atoms with van der Waals surface area (Å²) < 4.78 is 0. The lowest BCUT2D eigenvalue weighted by Crippen LogP contribution is -2.25. The number of halogens is 1. The second-order valence-electron chi connectivity index (χ2n) is 7.18. The average molecular weight is 476 g/mol. The number of carbonyl (C=O) groups excluding carboxylic acids is 1. The van der Waals surface area contributed by atoms with Crippen LogP contribution in [0.5, 0.6) is 0 Å². The molecule has 0 fully saturated rings. The lowest BCUT2D eigenvalue weighted by atomic mass is 10.1. The number of carbonyl (C=O) groups is 1. The van der Waals surface area contributed by atoms with Crippen molar-refractivity contribution in [3.63, 3.8) is 0 Å². The number of fused-ring (bicyclic) bond motifs is 1. The summed E-state index contributed by atoms with van der Waals surface area (Å²) in [6, 6.07) is 21.3. The minimum absolute atomic E-state index is 0.138. The van der Waals surface area contributed by atoms with E-state index >= 15 is 0 Å². The van der Waals surface area contributed by atoms with E-state index in [9.17, 15) is 4.79 Å². The Kier molecular flexibility index (Phi) is 5.99. The Morgan fingerprint density at radius 3 is 2.19 bits per heavy atom. The maximum absolute atomic E-state index is 12.7. The number of hydrogen-bond donors (Lipinski definition) is 1. The van der Waals surface area contributed by atoms with Gasteiger partial charge in [0, 0.05) is 17.1 Å². The normalized spacial score (nSPS) is 11.0. The van der Waals surface area contributed by atoms with Crippen molar-refractivity contribution in [2.24, 2.45) is 0 Å². The van der Waals surface area contributed by atoms with E-state index in [1.807, 2.05) is 65.4 Å². The van der Waals surface area contributed by atoms with Gasteiger partial charge in [-0.1, -0.05) is 41.9 Å². The van der Waals surface area contributed by atoms with Gasteiger partial charge in [-0.25, -0.2) is 9.97 Å². The highest BCUT2D eigenvalue weighted by Crippen LogP contribution is 2.35. The number of nitrogens with zero attached hydrogens (tertiary/aromatic N) is 2. The molecule has 0 aliphatic rings. The Balaban J connectivity index is 1.42. The molecule has 3 heterocycles. The first-order valence-electron chi connectivity index (χ1n) is 10.1. The second kappa shape index (κ2) is 9.20. The zero-order valence-corrected chi connectivity index (χ0v) is 19.3. The zero-order valence-electron chi connectivity index (χ0n) is 16.9. The van der Waals surface area contributed by atoms with Crippen LogP contribution in [0.1, 0.15) is 15.9 Å². The highest BCUT2D eigenvalue weighted by Gasteiger charge is 2.16. The SMILES string of the molecule is O=C(NCCc1ccccc1Cl)c1ccc2nc(-c3cccs3)c(-c3cccs3)nc2c1. The van der Waals surface area contributed by atoms with Crippen LogP contribution in [0.3, 0.4) is 0 Å². The molecule has 0 spiro atoms. The van der Waals surface area contributed by atoms with E-state index in [0.717, 1.165) is 32.2 Å². The number of benzene rings is 2. The van der Waals surface area contributed by atoms with Crippen molar-refractivity contribution >= 4 is 51.2 Å². The van der Waals surface area contributed by atoms with Crippen LogP contribution in [-0.2, 0) is 6.42 Å². The largest absolute Gasteiger partial charge is 0.352 e. The zero-order chi connectivity index (χ0) is 21.9. The number of hydrogen-bond acceptors (Lipinski definition) is 5. The van der Waals surface area contributed by atoms with Crippen molar-refractivity contribution in [1.29, 1.82) is 0 Å². The number of amides is 1. The smallest absolute Gasteiger partial charge is 0.251 e. The third-order valence-electron chi connectivity index (χ3n) is 5.07. The summed E-state index contributed by atoms with van der Waals surface area (Å²) in [7, 11) is 0. The molecule has 1 amide bonds. The van der Waals surface area contributed by atoms with Crippen LogP contribution in [0, 0.1) is 0 Å². The fourth-order valence-corrected chi connectivity index (χ4v) is 5.14. The van der Waals surface area contributed by atoms with Gasteiger partial charge in [-0.3, -0.25) is 4.79 Å². The standard InChI is InChI=1S/C25H18ClN3OS2/c26-18-6-2-1-5-16(18)11-12-27-25(30)17-9-10-19-20(15-17)29-24(22-8-4-14-32-22)23(28-19)21-7-3-13-31-21/h1-10,13-15H,11-12H2,(H,27,30). The molecule has 0 saturated heterocycles. The first kappa shape index (κ1) is 20.8. The number of aromatic nitrogens is 2. The molecule has 158 valence electrons. The lowest BCUT2D eigenvalue weighted by molar-refractivity contribution is 0.0954. The van der Waals surface area contributed by atoms with E-state index in [4.69, 9.17) is 21.6 Å². The third kappa shape index (κ3) is 4.30. The van der Waals surface area contributed by atoms with E-state index in [2.05, 4.69) is 11.4 Å². The molecule has 7 heteroatoms. The average Bonchev–Trinajstić information content (AvgIpc) is 3.53. The van der Waals surface area contributed by atoms with E-state index in [1.54, 1.807) is 28.7 Å². The summed E-state index contributed by atoms with van der Waals surface area (Å²) in [4.78, 5) is 24.7. The lowest BCUT2D eigenvalue weighted by Gasteiger charge is -2.10. The van der Waals surface area contributed by atoms with Crippen LogP contribution in [0.2, 0.25) is 5.02 Å². The van der Waals surface area contributed by atoms with Gasteiger partial charge < -0.3 is 5.32 Å². The van der Waals surface area contributed by atoms with Crippen LogP contribution < -0.4 is 5.32 Å². The topological polar surface area (TPSA) is 54.9 Å². The molecule has 0 saturated carbocycles. The van der Waals surface area contributed by atoms with Gasteiger partial charge >= 0.3 is 0 Å². The van der Waals surface area contributed by atoms with Gasteiger partial charge in [0.25, 0.3) is 5.91 Å². The van der Waals surface area contributed by atoms with Crippen LogP contribution in [-0.4, -0.2) is 22.4 Å². The van der Waals surface area contributed by atoms with Crippen molar-refractivity contribution in [3.8, 4) is 21.1 Å². The van der Waals surface area contributed by atoms with Crippen LogP contribution in [0.4, 0.5) is 0 Å². The highest BCUT2D eigenvalue weighted by atomic mass is 35.5. The molecule has 0 aliphatic carbocycles. The van der Waals surface area contributed by atoms with E-state index < -0.39 is 0 Å². The quantitative estimate of drug-likeness (QED) is 0.297. The Hall–Kier alpha value is -3.06. The van der Waals surface area contributed by atoms with Crippen LogP contribution >= 0.6 is 34.3 Å². The van der Waals surface area contributed by atoms with Gasteiger partial charge in [0.1, 0.15) is 11.4 Å². The van der Waals surface area contributed by atoms with E-state index in [0.29, 0.717) is 29.1 Å². The molecule has 4 nitrogen and oxygen atoms in total. The molecule has 0 bridgehead atoms. The molecule has 5 aromatic rings. The summed E-state index contributed by atoms with van der Waals surface area (Å²) in [5, 5.41) is 7.75. The summed E-state index contributed by atoms with van der Waals surface area (Å²) in [5.41, 5.74) is 4.75. The van der Waals surface area contributed by atoms with Crippen LogP contribution in [0.15, 0.2) is 77.5 Å². The van der Waals surface area contributed by atoms with Crippen molar-refractivity contribution in [1.82, 2.24) is 15.3 Å². The maximum Gasteiger partial charge on any atom is 0.251 e. The Labute approximate surface area is 198 Å². The fourth-order valence-electron chi connectivity index (χ4n) is 3.48. The fraction of sp³-hybridized carbons (Fsp3) is 0.0800. The molecule has 1 N–H and O–H groups in total. The van der Waals surface area contributed by atoms with Gasteiger partial charge in [0.05, 0.1) is 20.8 Å². The Morgan fingerprint density at radius 1 is 0.844 bits per heavy atom. The molecule has 5 rings (SSSR count). The molecular formula is C25H18ClN3OS2. The minimum atomic E-state index is -0.138. The summed E-state index contributed by atoms with van der Waals surface area (Å²) in [6.07, 6.45) is 0.672. The molecule has 3 aromatic heterocycles. The molecule has 0 aliphatic heterocycles. The maximum atomic E-state index is 12.7. The summed E-state index contributed by atoms with van der Waals surface area (Å²) in [6.45, 7) is 0.504. The summed E-state index contributed by atoms with van der Waals surface area (Å²) in [5.74, 6) is -0.138. The molecular weight excluding hydrogens is 458 g/mol. The molecule has 32 heavy (non-hydrogen) atoms. The number of thiophene rings is 2. The van der Waals surface area contributed by atoms with Gasteiger partial charge in [0.2, 0.25) is 0 Å². The first-order valence-corrected chi connectivity index (χ1v) is 12.2. The predicted octanol–water partition coefficient (Wildman–Crippen LogP) is 6.71. The van der Waals surface area contributed by atoms with Crippen molar-refractivity contribution in [2.45, 2.75) is 6.42 Å². The van der Waals surface area contributed by atoms with Gasteiger partial charge in [0.15, 0.2) is 0 Å². The van der Waals surface area contributed by atoms with Gasteiger partial charge in [-0.05, 0) is 59.1 Å². The Morgan fingerprint density at radius 2 is 1.53 bits per heavy atom. The van der Waals surface area contributed by atoms with E-state index in [1.165, 1.54) is 0 Å². The first-order chi connectivity index (χ1) is 15.7. The van der Waals surface area contributed by atoms with Crippen molar-refractivity contribution < 1.29 is 4.79 Å². The van der Waals surface area contributed by atoms with Crippen molar-refractivity contribution in [2.75, 3.05) is 6.54 Å². The van der Waals surface area contributed by atoms with Crippen molar-refractivity contribution in [3.05, 3.63) is 93.6 Å². The number of nitrogens with one attached hydrogen (secondary N) is 1. The van der Waals surface area contributed by atoms with E-state index in [-0.39, 0.29) is 5.91 Å². The third-order valence-corrected chi connectivity index (χ3v) is 7.20. The molecule has 0 unspecified atom stereocenters. The van der Waals surface area contributed by atoms with Gasteiger partial charge in [-0.2, -0.15) is 0 Å². The predicted molar refractivity (Wildman–Crippen MR) is 134 cm³/mol. The molecule has 0 atom stereocenters. The Bertz CT molecular complexity index is 1380.